The number of hydrogen-bond acceptors (Lipinski definition) is 2. The summed E-state index contributed by atoms with van der Waals surface area (Å²) in [5.41, 5.74) is 5.62. The SMILES string of the molecule is CC(C)C(CCN)CCC(=O)Nc1c(F)cccc1Cl. The number of benzene rings is 1. The first-order chi connectivity index (χ1) is 9.45. The van der Waals surface area contributed by atoms with E-state index in [4.69, 9.17) is 17.3 Å². The van der Waals surface area contributed by atoms with Crippen molar-refractivity contribution < 1.29 is 9.18 Å². The maximum absolute atomic E-state index is 13.5. The summed E-state index contributed by atoms with van der Waals surface area (Å²) in [6, 6.07) is 4.32. The second-order valence-corrected chi connectivity index (χ2v) is 5.67. The number of halogens is 2. The minimum Gasteiger partial charge on any atom is -0.330 e. The predicted molar refractivity (Wildman–Crippen MR) is 81.3 cm³/mol. The molecule has 0 bridgehead atoms. The molecule has 0 fully saturated rings. The molecule has 1 aromatic rings. The van der Waals surface area contributed by atoms with Crippen LogP contribution >= 0.6 is 11.6 Å². The monoisotopic (exact) mass is 300 g/mol. The highest BCUT2D eigenvalue weighted by atomic mass is 35.5. The van der Waals surface area contributed by atoms with Crippen molar-refractivity contribution >= 4 is 23.2 Å². The molecule has 20 heavy (non-hydrogen) atoms. The van der Waals surface area contributed by atoms with Gasteiger partial charge in [-0.25, -0.2) is 4.39 Å². The Balaban J connectivity index is 2.55. The van der Waals surface area contributed by atoms with E-state index in [1.807, 2.05) is 0 Å². The van der Waals surface area contributed by atoms with E-state index in [0.29, 0.717) is 24.8 Å². The topological polar surface area (TPSA) is 55.1 Å². The van der Waals surface area contributed by atoms with Gasteiger partial charge in [0.25, 0.3) is 0 Å². The van der Waals surface area contributed by atoms with Crippen molar-refractivity contribution in [3.8, 4) is 0 Å². The van der Waals surface area contributed by atoms with Crippen molar-refractivity contribution in [3.63, 3.8) is 0 Å². The lowest BCUT2D eigenvalue weighted by atomic mass is 9.88. The summed E-state index contributed by atoms with van der Waals surface area (Å²) in [6.07, 6.45) is 1.98. The third kappa shape index (κ3) is 5.10. The van der Waals surface area contributed by atoms with Crippen LogP contribution in [-0.4, -0.2) is 12.5 Å². The van der Waals surface area contributed by atoms with Crippen LogP contribution in [0.2, 0.25) is 5.02 Å². The number of nitrogens with one attached hydrogen (secondary N) is 1. The Morgan fingerprint density at radius 1 is 1.40 bits per heavy atom. The fourth-order valence-corrected chi connectivity index (χ4v) is 2.37. The zero-order valence-electron chi connectivity index (χ0n) is 12.0. The second kappa shape index (κ2) is 8.22. The van der Waals surface area contributed by atoms with Crippen LogP contribution in [0.4, 0.5) is 10.1 Å². The van der Waals surface area contributed by atoms with E-state index in [0.717, 1.165) is 12.8 Å². The number of amides is 1. The van der Waals surface area contributed by atoms with E-state index in [2.05, 4.69) is 19.2 Å². The van der Waals surface area contributed by atoms with Crippen LogP contribution in [0.3, 0.4) is 0 Å². The number of carbonyl (C=O) groups excluding carboxylic acids is 1. The summed E-state index contributed by atoms with van der Waals surface area (Å²) >= 11 is 5.87. The molecule has 3 N–H and O–H groups in total. The molecule has 0 spiro atoms. The van der Waals surface area contributed by atoms with E-state index in [9.17, 15) is 9.18 Å². The fourth-order valence-electron chi connectivity index (χ4n) is 2.16. The molecule has 0 heterocycles. The fraction of sp³-hybridized carbons (Fsp3) is 0.533. The third-order valence-corrected chi connectivity index (χ3v) is 3.76. The first kappa shape index (κ1) is 16.9. The molecule has 0 saturated carbocycles. The van der Waals surface area contributed by atoms with Crippen molar-refractivity contribution in [1.29, 1.82) is 0 Å². The number of hydrogen-bond donors (Lipinski definition) is 2. The number of para-hydroxylation sites is 1. The van der Waals surface area contributed by atoms with Crippen LogP contribution in [0, 0.1) is 17.7 Å². The van der Waals surface area contributed by atoms with E-state index < -0.39 is 5.82 Å². The van der Waals surface area contributed by atoms with Crippen LogP contribution in [0.1, 0.15) is 33.1 Å². The molecule has 1 unspecified atom stereocenters. The smallest absolute Gasteiger partial charge is 0.224 e. The Morgan fingerprint density at radius 2 is 2.10 bits per heavy atom. The van der Waals surface area contributed by atoms with Crippen molar-refractivity contribution in [2.75, 3.05) is 11.9 Å². The summed E-state index contributed by atoms with van der Waals surface area (Å²) < 4.78 is 13.5. The average Bonchev–Trinajstić information content (AvgIpc) is 2.38. The molecule has 0 aliphatic carbocycles. The molecule has 1 atom stereocenters. The van der Waals surface area contributed by atoms with Gasteiger partial charge < -0.3 is 11.1 Å². The molecular weight excluding hydrogens is 279 g/mol. The molecule has 0 radical (unpaired) electrons. The molecule has 0 aliphatic heterocycles. The van der Waals surface area contributed by atoms with Gasteiger partial charge in [0.2, 0.25) is 5.91 Å². The molecule has 1 aromatic carbocycles. The lowest BCUT2D eigenvalue weighted by Crippen LogP contribution is -2.19. The lowest BCUT2D eigenvalue weighted by Gasteiger charge is -2.19. The highest BCUT2D eigenvalue weighted by Gasteiger charge is 2.16. The Morgan fingerprint density at radius 3 is 2.65 bits per heavy atom. The van der Waals surface area contributed by atoms with E-state index in [-0.39, 0.29) is 16.6 Å². The van der Waals surface area contributed by atoms with Crippen LogP contribution < -0.4 is 11.1 Å². The summed E-state index contributed by atoms with van der Waals surface area (Å²) in [6.45, 7) is 4.85. The minimum atomic E-state index is -0.520. The highest BCUT2D eigenvalue weighted by Crippen LogP contribution is 2.25. The molecule has 5 heteroatoms. The summed E-state index contributed by atoms with van der Waals surface area (Å²) in [4.78, 5) is 11.9. The largest absolute Gasteiger partial charge is 0.330 e. The molecule has 0 aromatic heterocycles. The van der Waals surface area contributed by atoms with Crippen LogP contribution in [0.25, 0.3) is 0 Å². The highest BCUT2D eigenvalue weighted by molar-refractivity contribution is 6.33. The predicted octanol–water partition coefficient (Wildman–Crippen LogP) is 3.82. The van der Waals surface area contributed by atoms with Crippen molar-refractivity contribution in [1.82, 2.24) is 0 Å². The van der Waals surface area contributed by atoms with Crippen LogP contribution in [0.15, 0.2) is 18.2 Å². The lowest BCUT2D eigenvalue weighted by molar-refractivity contribution is -0.116. The third-order valence-electron chi connectivity index (χ3n) is 3.45. The maximum Gasteiger partial charge on any atom is 0.224 e. The van der Waals surface area contributed by atoms with Gasteiger partial charge in [0.15, 0.2) is 0 Å². The Kier molecular flexibility index (Phi) is 6.96. The van der Waals surface area contributed by atoms with E-state index in [1.165, 1.54) is 12.1 Å². The molecule has 0 aliphatic rings. The van der Waals surface area contributed by atoms with Gasteiger partial charge in [-0.05, 0) is 43.4 Å². The maximum atomic E-state index is 13.5. The molecule has 3 nitrogen and oxygen atoms in total. The molecule has 1 amide bonds. The average molecular weight is 301 g/mol. The van der Waals surface area contributed by atoms with Gasteiger partial charge >= 0.3 is 0 Å². The normalized spacial score (nSPS) is 12.5. The van der Waals surface area contributed by atoms with Crippen LogP contribution in [0.5, 0.6) is 0 Å². The van der Waals surface area contributed by atoms with Gasteiger partial charge in [-0.2, -0.15) is 0 Å². The van der Waals surface area contributed by atoms with Crippen molar-refractivity contribution in [2.24, 2.45) is 17.6 Å². The van der Waals surface area contributed by atoms with Crippen molar-refractivity contribution in [3.05, 3.63) is 29.0 Å². The van der Waals surface area contributed by atoms with E-state index >= 15 is 0 Å². The molecule has 112 valence electrons. The molecular formula is C15H22ClFN2O. The van der Waals surface area contributed by atoms with Crippen LogP contribution in [-0.2, 0) is 4.79 Å². The zero-order chi connectivity index (χ0) is 15.1. The summed E-state index contributed by atoms with van der Waals surface area (Å²) in [7, 11) is 0. The number of anilines is 1. The first-order valence-electron chi connectivity index (χ1n) is 6.89. The Bertz CT molecular complexity index is 431. The summed E-state index contributed by atoms with van der Waals surface area (Å²) in [5, 5.41) is 2.75. The Hall–Kier alpha value is -1.13. The van der Waals surface area contributed by atoms with Crippen molar-refractivity contribution in [2.45, 2.75) is 33.1 Å². The molecule has 0 saturated heterocycles. The van der Waals surface area contributed by atoms with Gasteiger partial charge in [-0.3, -0.25) is 4.79 Å². The summed E-state index contributed by atoms with van der Waals surface area (Å²) in [5.74, 6) is 0.137. The van der Waals surface area contributed by atoms with Gasteiger partial charge in [0.1, 0.15) is 5.82 Å². The van der Waals surface area contributed by atoms with Gasteiger partial charge in [-0.1, -0.05) is 31.5 Å². The van der Waals surface area contributed by atoms with Gasteiger partial charge in [0.05, 0.1) is 10.7 Å². The number of rotatable bonds is 7. The Labute approximate surface area is 124 Å². The quantitative estimate of drug-likeness (QED) is 0.804. The number of carbonyl (C=O) groups is 1. The zero-order valence-corrected chi connectivity index (χ0v) is 12.7. The standard InChI is InChI=1S/C15H22ClFN2O/c1-10(2)11(8-9-18)6-7-14(20)19-15-12(16)4-3-5-13(15)17/h3-5,10-11H,6-9,18H2,1-2H3,(H,19,20). The molecule has 1 rings (SSSR count). The second-order valence-electron chi connectivity index (χ2n) is 5.26. The number of nitrogens with two attached hydrogens (primary N) is 1. The van der Waals surface area contributed by atoms with Gasteiger partial charge in [-0.15, -0.1) is 0 Å². The van der Waals surface area contributed by atoms with E-state index in [1.54, 1.807) is 6.07 Å². The van der Waals surface area contributed by atoms with Gasteiger partial charge in [0, 0.05) is 6.42 Å². The first-order valence-corrected chi connectivity index (χ1v) is 7.27. The minimum absolute atomic E-state index is 0.0547.